The van der Waals surface area contributed by atoms with Crippen molar-refractivity contribution in [1.82, 2.24) is 29.5 Å². The smallest absolute Gasteiger partial charge is 0.164 e. The van der Waals surface area contributed by atoms with Gasteiger partial charge in [-0.2, -0.15) is 10.5 Å². The van der Waals surface area contributed by atoms with Crippen LogP contribution < -0.4 is 0 Å². The molecular weight excluding hydrogens is 869 g/mol. The van der Waals surface area contributed by atoms with E-state index in [1.807, 2.05) is 158 Å². The number of benzene rings is 9. The molecule has 0 aliphatic rings. The van der Waals surface area contributed by atoms with Crippen LogP contribution in [0.25, 0.3) is 118 Å². The van der Waals surface area contributed by atoms with Crippen LogP contribution in [-0.4, -0.2) is 29.5 Å². The lowest BCUT2D eigenvalue weighted by Crippen LogP contribution is -2.03. The summed E-state index contributed by atoms with van der Waals surface area (Å²) in [5.74, 6) is 2.23. The Balaban J connectivity index is 1.17. The molecule has 0 amide bonds. The molecule has 0 aliphatic heterocycles. The molecule has 0 unspecified atom stereocenters. The first-order valence-electron chi connectivity index (χ1n) is 23.2. The van der Waals surface area contributed by atoms with E-state index in [4.69, 9.17) is 24.9 Å². The molecule has 71 heavy (non-hydrogen) atoms. The molecule has 330 valence electrons. The summed E-state index contributed by atoms with van der Waals surface area (Å²) in [4.78, 5) is 26.0. The third-order valence-electron chi connectivity index (χ3n) is 12.8. The molecule has 12 rings (SSSR count). The average molecular weight is 907 g/mol. The molecule has 9 aromatic carbocycles. The molecule has 8 heteroatoms. The molecule has 12 aromatic rings. The summed E-state index contributed by atoms with van der Waals surface area (Å²) in [5, 5.41) is 21.4. The van der Waals surface area contributed by atoms with Crippen LogP contribution in [0, 0.1) is 22.7 Å². The van der Waals surface area contributed by atoms with Crippen molar-refractivity contribution in [1.29, 1.82) is 10.5 Å². The Morgan fingerprint density at radius 2 is 0.676 bits per heavy atom. The van der Waals surface area contributed by atoms with E-state index in [2.05, 4.69) is 89.5 Å². The molecule has 0 fully saturated rings. The number of aromatic nitrogens is 6. The van der Waals surface area contributed by atoms with Crippen LogP contribution in [0.1, 0.15) is 11.1 Å². The standard InChI is InChI=1S/C63H38N8/c64-39-41-21-25-43(26-22-41)49-29-32-52-53-33-30-50(44-27-23-42(40-65)24-28-44)37-59(53)71(58(52)36-49)57-34-31-51(63-69-61(47-17-9-3-10-18-47)68-62(70-63)48-19-11-4-12-20-48)35-54(57)56-38-55(45-13-5-1-6-14-45)66-60(67-56)46-15-7-2-8-16-46/h1-38H. The van der Waals surface area contributed by atoms with Gasteiger partial charge in [0.2, 0.25) is 0 Å². The predicted molar refractivity (Wildman–Crippen MR) is 283 cm³/mol. The lowest BCUT2D eigenvalue weighted by atomic mass is 10.0. The zero-order valence-electron chi connectivity index (χ0n) is 38.0. The summed E-state index contributed by atoms with van der Waals surface area (Å²) < 4.78 is 2.33. The van der Waals surface area contributed by atoms with E-state index in [9.17, 15) is 10.5 Å². The molecule has 0 aliphatic carbocycles. The quantitative estimate of drug-likeness (QED) is 0.142. The summed E-state index contributed by atoms with van der Waals surface area (Å²) in [6, 6.07) is 81.7. The summed E-state index contributed by atoms with van der Waals surface area (Å²) in [6.45, 7) is 0. The number of hydrogen-bond acceptors (Lipinski definition) is 7. The van der Waals surface area contributed by atoms with Crippen LogP contribution in [-0.2, 0) is 0 Å². The van der Waals surface area contributed by atoms with Gasteiger partial charge in [-0.1, -0.05) is 170 Å². The first-order valence-corrected chi connectivity index (χ1v) is 23.2. The van der Waals surface area contributed by atoms with E-state index >= 15 is 0 Å². The maximum Gasteiger partial charge on any atom is 0.164 e. The van der Waals surface area contributed by atoms with Gasteiger partial charge in [0.15, 0.2) is 23.3 Å². The van der Waals surface area contributed by atoms with Gasteiger partial charge < -0.3 is 4.57 Å². The first-order chi connectivity index (χ1) is 35.1. The third-order valence-corrected chi connectivity index (χ3v) is 12.8. The van der Waals surface area contributed by atoms with Crippen molar-refractivity contribution in [2.75, 3.05) is 0 Å². The van der Waals surface area contributed by atoms with Gasteiger partial charge in [-0.3, -0.25) is 0 Å². The van der Waals surface area contributed by atoms with Crippen LogP contribution in [0.15, 0.2) is 231 Å². The van der Waals surface area contributed by atoms with Gasteiger partial charge in [0, 0.05) is 44.2 Å². The lowest BCUT2D eigenvalue weighted by molar-refractivity contribution is 1.07. The fourth-order valence-corrected chi connectivity index (χ4v) is 9.18. The van der Waals surface area contributed by atoms with Gasteiger partial charge in [0.05, 0.1) is 51.4 Å². The van der Waals surface area contributed by atoms with E-state index in [0.717, 1.165) is 88.8 Å². The second-order valence-corrected chi connectivity index (χ2v) is 17.1. The lowest BCUT2D eigenvalue weighted by Gasteiger charge is -2.17. The minimum Gasteiger partial charge on any atom is -0.309 e. The van der Waals surface area contributed by atoms with E-state index in [1.54, 1.807) is 0 Å². The van der Waals surface area contributed by atoms with E-state index < -0.39 is 0 Å². The minimum atomic E-state index is 0.513. The minimum absolute atomic E-state index is 0.513. The topological polar surface area (TPSA) is 117 Å². The zero-order chi connectivity index (χ0) is 47.7. The largest absolute Gasteiger partial charge is 0.309 e. The van der Waals surface area contributed by atoms with Crippen molar-refractivity contribution in [3.63, 3.8) is 0 Å². The SMILES string of the molecule is N#Cc1ccc(-c2ccc3c4ccc(-c5ccc(C#N)cc5)cc4n(-c4ccc(-c5nc(-c6ccccc6)nc(-c6ccccc6)n5)cc4-c4cc(-c5ccccc5)nc(-c5ccccc5)n4)c3c2)cc1. The Bertz CT molecular complexity index is 3800. The third kappa shape index (κ3) is 8.14. The fourth-order valence-electron chi connectivity index (χ4n) is 9.18. The Morgan fingerprint density at radius 3 is 1.13 bits per heavy atom. The Labute approximate surface area is 409 Å². The first kappa shape index (κ1) is 42.2. The van der Waals surface area contributed by atoms with Crippen molar-refractivity contribution in [2.24, 2.45) is 0 Å². The highest BCUT2D eigenvalue weighted by Crippen LogP contribution is 2.42. The van der Waals surface area contributed by atoms with Crippen LogP contribution in [0.2, 0.25) is 0 Å². The van der Waals surface area contributed by atoms with Crippen LogP contribution in [0.4, 0.5) is 0 Å². The highest BCUT2D eigenvalue weighted by atomic mass is 15.0. The highest BCUT2D eigenvalue weighted by Gasteiger charge is 2.22. The van der Waals surface area contributed by atoms with Crippen molar-refractivity contribution in [3.8, 4) is 108 Å². The second-order valence-electron chi connectivity index (χ2n) is 17.1. The molecule has 3 aromatic heterocycles. The van der Waals surface area contributed by atoms with E-state index in [1.165, 1.54) is 0 Å². The Morgan fingerprint density at radius 1 is 0.296 bits per heavy atom. The molecule has 0 saturated heterocycles. The van der Waals surface area contributed by atoms with E-state index in [0.29, 0.717) is 40.1 Å². The Hall–Kier alpha value is -10.2. The number of nitrogens with zero attached hydrogens (tertiary/aromatic N) is 8. The summed E-state index contributed by atoms with van der Waals surface area (Å²) in [6.07, 6.45) is 0. The normalized spacial score (nSPS) is 11.1. The van der Waals surface area contributed by atoms with Gasteiger partial charge in [-0.15, -0.1) is 0 Å². The number of nitriles is 2. The van der Waals surface area contributed by atoms with Gasteiger partial charge in [0.1, 0.15) is 0 Å². The van der Waals surface area contributed by atoms with Gasteiger partial charge in [0.25, 0.3) is 0 Å². The summed E-state index contributed by atoms with van der Waals surface area (Å²) in [7, 11) is 0. The van der Waals surface area contributed by atoms with Crippen molar-refractivity contribution < 1.29 is 0 Å². The number of rotatable bonds is 9. The second kappa shape index (κ2) is 18.2. The van der Waals surface area contributed by atoms with Crippen molar-refractivity contribution >= 4 is 21.8 Å². The van der Waals surface area contributed by atoms with Gasteiger partial charge in [-0.25, -0.2) is 24.9 Å². The Kier molecular flexibility index (Phi) is 10.8. The number of fused-ring (bicyclic) bond motifs is 3. The van der Waals surface area contributed by atoms with Crippen LogP contribution in [0.3, 0.4) is 0 Å². The maximum absolute atomic E-state index is 9.63. The van der Waals surface area contributed by atoms with Crippen molar-refractivity contribution in [3.05, 3.63) is 242 Å². The monoisotopic (exact) mass is 906 g/mol. The molecule has 0 saturated carbocycles. The molecule has 0 N–H and O–H groups in total. The summed E-state index contributed by atoms with van der Waals surface area (Å²) in [5.41, 5.74) is 14.7. The van der Waals surface area contributed by atoms with Gasteiger partial charge >= 0.3 is 0 Å². The van der Waals surface area contributed by atoms with Crippen LogP contribution >= 0.6 is 0 Å². The molecule has 0 atom stereocenters. The summed E-state index contributed by atoms with van der Waals surface area (Å²) >= 11 is 0. The molecule has 0 spiro atoms. The van der Waals surface area contributed by atoms with E-state index in [-0.39, 0.29) is 0 Å². The highest BCUT2D eigenvalue weighted by molar-refractivity contribution is 6.11. The maximum atomic E-state index is 9.63. The van der Waals surface area contributed by atoms with Crippen LogP contribution in [0.5, 0.6) is 0 Å². The average Bonchev–Trinajstić information content (AvgIpc) is 3.78. The molecular formula is C63H38N8. The molecule has 3 heterocycles. The molecule has 0 bridgehead atoms. The van der Waals surface area contributed by atoms with Gasteiger partial charge in [-0.05, 0) is 82.9 Å². The fraction of sp³-hybridized carbons (Fsp3) is 0. The predicted octanol–water partition coefficient (Wildman–Crippen LogP) is 14.8. The molecule has 0 radical (unpaired) electrons. The molecule has 8 nitrogen and oxygen atoms in total. The zero-order valence-corrected chi connectivity index (χ0v) is 38.0. The van der Waals surface area contributed by atoms with Crippen molar-refractivity contribution in [2.45, 2.75) is 0 Å². The number of hydrogen-bond donors (Lipinski definition) is 0.